The van der Waals surface area contributed by atoms with Crippen LogP contribution in [0.25, 0.3) is 0 Å². The number of benzene rings is 1. The number of anilines is 2. The topological polar surface area (TPSA) is 47.3 Å². The lowest BCUT2D eigenvalue weighted by molar-refractivity contribution is 0.319. The van der Waals surface area contributed by atoms with Gasteiger partial charge < -0.3 is 15.8 Å². The van der Waals surface area contributed by atoms with Crippen molar-refractivity contribution in [1.29, 1.82) is 0 Å². The lowest BCUT2D eigenvalue weighted by Gasteiger charge is -2.22. The van der Waals surface area contributed by atoms with Gasteiger partial charge in [-0.15, -0.1) is 0 Å². The summed E-state index contributed by atoms with van der Waals surface area (Å²) < 4.78 is 5.66. The van der Waals surface area contributed by atoms with Crippen molar-refractivity contribution >= 4 is 11.4 Å². The second-order valence-electron chi connectivity index (χ2n) is 5.79. The van der Waals surface area contributed by atoms with Gasteiger partial charge in [-0.1, -0.05) is 45.1 Å². The fourth-order valence-electron chi connectivity index (χ4n) is 2.92. The Labute approximate surface area is 122 Å². The van der Waals surface area contributed by atoms with Crippen molar-refractivity contribution in [2.45, 2.75) is 51.9 Å². The fourth-order valence-corrected chi connectivity index (χ4v) is 2.92. The molecule has 0 unspecified atom stereocenters. The third-order valence-electron chi connectivity index (χ3n) is 4.12. The molecular formula is C17H28N2O. The molecule has 1 saturated carbocycles. The van der Waals surface area contributed by atoms with Crippen LogP contribution in [-0.2, 0) is 0 Å². The maximum atomic E-state index is 6.16. The molecule has 3 N–H and O–H groups in total. The van der Waals surface area contributed by atoms with Crippen molar-refractivity contribution in [3.8, 4) is 5.75 Å². The minimum Gasteiger partial charge on any atom is -0.491 e. The first-order valence-electron chi connectivity index (χ1n) is 8.06. The summed E-state index contributed by atoms with van der Waals surface area (Å²) in [6.07, 6.45) is 9.29. The van der Waals surface area contributed by atoms with Crippen molar-refractivity contribution in [2.75, 3.05) is 24.2 Å². The van der Waals surface area contributed by atoms with Gasteiger partial charge in [-0.3, -0.25) is 0 Å². The number of hydrogen-bond acceptors (Lipinski definition) is 3. The van der Waals surface area contributed by atoms with Gasteiger partial charge in [0.05, 0.1) is 18.0 Å². The Kier molecular flexibility index (Phi) is 6.03. The molecule has 0 bridgehead atoms. The van der Waals surface area contributed by atoms with Crippen molar-refractivity contribution in [1.82, 2.24) is 0 Å². The first-order chi connectivity index (χ1) is 9.81. The van der Waals surface area contributed by atoms with E-state index in [1.165, 1.54) is 38.5 Å². The highest BCUT2D eigenvalue weighted by molar-refractivity contribution is 5.72. The molecule has 0 aliphatic heterocycles. The molecule has 3 nitrogen and oxygen atoms in total. The molecule has 1 aliphatic carbocycles. The maximum absolute atomic E-state index is 6.16. The fraction of sp³-hybridized carbons (Fsp3) is 0.647. The molecule has 1 fully saturated rings. The molecule has 1 aliphatic rings. The first kappa shape index (κ1) is 15.0. The normalized spacial score (nSPS) is 16.1. The van der Waals surface area contributed by atoms with Crippen LogP contribution in [0.15, 0.2) is 18.2 Å². The van der Waals surface area contributed by atoms with Crippen LogP contribution in [0, 0.1) is 5.92 Å². The highest BCUT2D eigenvalue weighted by atomic mass is 16.5. The van der Waals surface area contributed by atoms with E-state index in [-0.39, 0.29) is 0 Å². The molecule has 0 aromatic heterocycles. The minimum atomic E-state index is 0.718. The maximum Gasteiger partial charge on any atom is 0.144 e. The van der Waals surface area contributed by atoms with Crippen molar-refractivity contribution in [3.05, 3.63) is 18.2 Å². The molecule has 0 radical (unpaired) electrons. The second-order valence-corrected chi connectivity index (χ2v) is 5.79. The van der Waals surface area contributed by atoms with Crippen LogP contribution in [0.5, 0.6) is 5.75 Å². The van der Waals surface area contributed by atoms with E-state index in [1.54, 1.807) is 0 Å². The Balaban J connectivity index is 1.82. The van der Waals surface area contributed by atoms with Gasteiger partial charge in [0, 0.05) is 6.54 Å². The lowest BCUT2D eigenvalue weighted by atomic mass is 9.87. The van der Waals surface area contributed by atoms with Gasteiger partial charge >= 0.3 is 0 Å². The van der Waals surface area contributed by atoms with E-state index in [1.807, 2.05) is 18.2 Å². The van der Waals surface area contributed by atoms with E-state index in [0.29, 0.717) is 0 Å². The predicted molar refractivity (Wildman–Crippen MR) is 86.3 cm³/mol. The van der Waals surface area contributed by atoms with Crippen LogP contribution < -0.4 is 15.8 Å². The monoisotopic (exact) mass is 276 g/mol. The van der Waals surface area contributed by atoms with Gasteiger partial charge in [-0.2, -0.15) is 0 Å². The van der Waals surface area contributed by atoms with Crippen molar-refractivity contribution in [3.63, 3.8) is 0 Å². The average molecular weight is 276 g/mol. The molecule has 1 aromatic rings. The summed E-state index contributed by atoms with van der Waals surface area (Å²) in [4.78, 5) is 0. The SMILES string of the molecule is CCCOc1cccc(NCCC2CCCCC2)c1N. The number of nitrogens with one attached hydrogen (secondary N) is 1. The van der Waals surface area contributed by atoms with E-state index in [9.17, 15) is 0 Å². The Morgan fingerprint density at radius 2 is 2.05 bits per heavy atom. The standard InChI is InChI=1S/C17H28N2O/c1-2-13-20-16-10-6-9-15(17(16)18)19-12-11-14-7-4-3-5-8-14/h6,9-10,14,19H,2-5,7-8,11-13,18H2,1H3. The highest BCUT2D eigenvalue weighted by Crippen LogP contribution is 2.30. The third-order valence-corrected chi connectivity index (χ3v) is 4.12. The summed E-state index contributed by atoms with van der Waals surface area (Å²) in [5.74, 6) is 1.70. The summed E-state index contributed by atoms with van der Waals surface area (Å²) in [7, 11) is 0. The van der Waals surface area contributed by atoms with Gasteiger partial charge in [0.25, 0.3) is 0 Å². The zero-order chi connectivity index (χ0) is 14.2. The van der Waals surface area contributed by atoms with Crippen molar-refractivity contribution < 1.29 is 4.74 Å². The minimum absolute atomic E-state index is 0.718. The molecule has 0 atom stereocenters. The zero-order valence-electron chi connectivity index (χ0n) is 12.7. The molecule has 0 spiro atoms. The summed E-state index contributed by atoms with van der Waals surface area (Å²) >= 11 is 0. The van der Waals surface area contributed by atoms with Crippen LogP contribution in [0.1, 0.15) is 51.9 Å². The molecule has 0 heterocycles. The summed E-state index contributed by atoms with van der Waals surface area (Å²) in [5, 5.41) is 3.47. The average Bonchev–Trinajstić information content (AvgIpc) is 2.49. The van der Waals surface area contributed by atoms with Gasteiger partial charge in [0.2, 0.25) is 0 Å². The number of rotatable bonds is 7. The van der Waals surface area contributed by atoms with Crippen LogP contribution in [-0.4, -0.2) is 13.2 Å². The van der Waals surface area contributed by atoms with Gasteiger partial charge in [0.15, 0.2) is 0 Å². The third kappa shape index (κ3) is 4.32. The molecule has 3 heteroatoms. The van der Waals surface area contributed by atoms with Gasteiger partial charge in [0.1, 0.15) is 5.75 Å². The number of para-hydroxylation sites is 1. The number of nitrogen functional groups attached to an aromatic ring is 1. The Bertz CT molecular complexity index is 400. The largest absolute Gasteiger partial charge is 0.491 e. The molecule has 0 saturated heterocycles. The quantitative estimate of drug-likeness (QED) is 0.724. The van der Waals surface area contributed by atoms with E-state index < -0.39 is 0 Å². The van der Waals surface area contributed by atoms with Crippen LogP contribution >= 0.6 is 0 Å². The van der Waals surface area contributed by atoms with Crippen LogP contribution in [0.3, 0.4) is 0 Å². The van der Waals surface area contributed by atoms with E-state index >= 15 is 0 Å². The van der Waals surface area contributed by atoms with Gasteiger partial charge in [-0.25, -0.2) is 0 Å². The zero-order valence-corrected chi connectivity index (χ0v) is 12.7. The molecule has 1 aromatic carbocycles. The molecular weight excluding hydrogens is 248 g/mol. The molecule has 20 heavy (non-hydrogen) atoms. The molecule has 112 valence electrons. The lowest BCUT2D eigenvalue weighted by Crippen LogP contribution is -2.13. The highest BCUT2D eigenvalue weighted by Gasteiger charge is 2.13. The number of hydrogen-bond donors (Lipinski definition) is 2. The van der Waals surface area contributed by atoms with E-state index in [4.69, 9.17) is 10.5 Å². The Hall–Kier alpha value is -1.38. The summed E-state index contributed by atoms with van der Waals surface area (Å²) in [5.41, 5.74) is 7.90. The molecule has 2 rings (SSSR count). The predicted octanol–water partition coefficient (Wildman–Crippen LogP) is 4.44. The van der Waals surface area contributed by atoms with Crippen molar-refractivity contribution in [2.24, 2.45) is 5.92 Å². The Morgan fingerprint density at radius 3 is 2.80 bits per heavy atom. The number of nitrogens with two attached hydrogens (primary N) is 1. The smallest absolute Gasteiger partial charge is 0.144 e. The second kappa shape index (κ2) is 8.03. The Morgan fingerprint density at radius 1 is 1.25 bits per heavy atom. The first-order valence-corrected chi connectivity index (χ1v) is 8.06. The molecule has 0 amide bonds. The summed E-state index contributed by atoms with van der Waals surface area (Å²) in [6, 6.07) is 5.98. The number of ether oxygens (including phenoxy) is 1. The van der Waals surface area contributed by atoms with Crippen LogP contribution in [0.2, 0.25) is 0 Å². The summed E-state index contributed by atoms with van der Waals surface area (Å²) in [6.45, 7) is 3.82. The van der Waals surface area contributed by atoms with Gasteiger partial charge in [-0.05, 0) is 30.9 Å². The van der Waals surface area contributed by atoms with E-state index in [2.05, 4.69) is 12.2 Å². The van der Waals surface area contributed by atoms with Crippen LogP contribution in [0.4, 0.5) is 11.4 Å². The van der Waals surface area contributed by atoms with E-state index in [0.717, 1.165) is 42.6 Å².